The molecule has 0 spiro atoms. The number of hydrogen-bond acceptors (Lipinski definition) is 7. The van der Waals surface area contributed by atoms with Crippen molar-refractivity contribution in [3.8, 4) is 0 Å². The lowest BCUT2D eigenvalue weighted by Gasteiger charge is -2.24. The van der Waals surface area contributed by atoms with Crippen LogP contribution in [0, 0.1) is 0 Å². The van der Waals surface area contributed by atoms with E-state index in [1.807, 2.05) is 12.1 Å². The van der Waals surface area contributed by atoms with Crippen molar-refractivity contribution in [1.29, 1.82) is 0 Å². The average Bonchev–Trinajstić information content (AvgIpc) is 2.77. The molecule has 2 atom stereocenters. The van der Waals surface area contributed by atoms with E-state index in [-0.39, 0.29) is 12.8 Å². The van der Waals surface area contributed by atoms with Crippen LogP contribution in [0.5, 0.6) is 0 Å². The van der Waals surface area contributed by atoms with Crippen LogP contribution in [0.1, 0.15) is 52.7 Å². The third-order valence-corrected chi connectivity index (χ3v) is 4.72. The minimum absolute atomic E-state index is 0.0645. The van der Waals surface area contributed by atoms with Gasteiger partial charge in [0, 0.05) is 12.8 Å². The van der Waals surface area contributed by atoms with E-state index in [1.54, 1.807) is 90.1 Å². The van der Waals surface area contributed by atoms with E-state index in [4.69, 9.17) is 14.2 Å². The monoisotopic (exact) mass is 512 g/mol. The van der Waals surface area contributed by atoms with Crippen molar-refractivity contribution in [3.05, 3.63) is 71.8 Å². The summed E-state index contributed by atoms with van der Waals surface area (Å²) in [6.45, 7) is 10.1. The van der Waals surface area contributed by atoms with E-state index in [2.05, 4.69) is 10.6 Å². The van der Waals surface area contributed by atoms with Crippen LogP contribution in [0.4, 0.5) is 9.59 Å². The predicted octanol–water partition coefficient (Wildman–Crippen LogP) is 4.33. The molecule has 2 aromatic rings. The van der Waals surface area contributed by atoms with Gasteiger partial charge in [0.05, 0.1) is 0 Å². The molecule has 2 N–H and O–H groups in total. The summed E-state index contributed by atoms with van der Waals surface area (Å²) in [5.41, 5.74) is -0.111. The molecule has 0 saturated heterocycles. The van der Waals surface area contributed by atoms with Crippen LogP contribution in [-0.4, -0.2) is 47.4 Å². The van der Waals surface area contributed by atoms with Gasteiger partial charge >= 0.3 is 24.1 Å². The van der Waals surface area contributed by atoms with Crippen molar-refractivity contribution in [2.75, 3.05) is 0 Å². The van der Waals surface area contributed by atoms with E-state index in [0.717, 1.165) is 11.1 Å². The summed E-state index contributed by atoms with van der Waals surface area (Å²) in [5, 5.41) is 4.98. The van der Waals surface area contributed by atoms with Gasteiger partial charge in [-0.15, -0.1) is 0 Å². The summed E-state index contributed by atoms with van der Waals surface area (Å²) in [6.07, 6.45) is -1.53. The molecule has 2 amide bonds. The Labute approximate surface area is 217 Å². The zero-order valence-electron chi connectivity index (χ0n) is 22.2. The zero-order chi connectivity index (χ0) is 27.6. The van der Waals surface area contributed by atoms with Crippen molar-refractivity contribution in [3.63, 3.8) is 0 Å². The lowest BCUT2D eigenvalue weighted by Crippen LogP contribution is -2.49. The van der Waals surface area contributed by atoms with Gasteiger partial charge < -0.3 is 24.8 Å². The lowest BCUT2D eigenvalue weighted by molar-refractivity contribution is -0.162. The van der Waals surface area contributed by atoms with Gasteiger partial charge in [-0.25, -0.2) is 19.2 Å². The van der Waals surface area contributed by atoms with Crippen LogP contribution in [0.3, 0.4) is 0 Å². The molecule has 9 heteroatoms. The molecule has 0 aliphatic carbocycles. The molecule has 0 fully saturated rings. The summed E-state index contributed by atoms with van der Waals surface area (Å²) in [6, 6.07) is 15.5. The van der Waals surface area contributed by atoms with E-state index in [1.165, 1.54) is 0 Å². The Kier molecular flexibility index (Phi) is 10.2. The molecule has 0 aliphatic heterocycles. The molecule has 0 unspecified atom stereocenters. The van der Waals surface area contributed by atoms with Crippen molar-refractivity contribution >= 4 is 24.1 Å². The van der Waals surface area contributed by atoms with Crippen molar-refractivity contribution < 1.29 is 33.4 Å². The first-order valence-electron chi connectivity index (χ1n) is 12.0. The van der Waals surface area contributed by atoms with E-state index in [9.17, 15) is 19.2 Å². The maximum absolute atomic E-state index is 13.1. The normalized spacial score (nSPS) is 13.0. The van der Waals surface area contributed by atoms with Crippen molar-refractivity contribution in [1.82, 2.24) is 10.6 Å². The Hall–Kier alpha value is -3.88. The first-order chi connectivity index (χ1) is 17.2. The van der Waals surface area contributed by atoms with Gasteiger partial charge in [0.25, 0.3) is 0 Å². The molecule has 0 aromatic heterocycles. The molecule has 0 saturated carbocycles. The second-order valence-corrected chi connectivity index (χ2v) is 10.5. The van der Waals surface area contributed by atoms with Gasteiger partial charge in [-0.05, 0) is 52.7 Å². The number of amides is 2. The van der Waals surface area contributed by atoms with Crippen LogP contribution in [0.2, 0.25) is 0 Å². The standard InChI is InChI=1S/C28H36N2O7/c1-27(2,3)36-25(33)29-21(17-19-13-9-7-10-14-19)23(31)35-24(32)22(18-20-15-11-8-12-16-20)30-26(34)37-28(4,5)6/h7-16,21-22H,17-18H2,1-6H3,(H,29,33)(H,30,34)/t21-,22-/m0/s1. The van der Waals surface area contributed by atoms with E-state index in [0.29, 0.717) is 0 Å². The van der Waals surface area contributed by atoms with Crippen LogP contribution < -0.4 is 10.6 Å². The number of alkyl carbamates (subject to hydrolysis) is 2. The second-order valence-electron chi connectivity index (χ2n) is 10.5. The fourth-order valence-electron chi connectivity index (χ4n) is 3.23. The van der Waals surface area contributed by atoms with Gasteiger partial charge in [0.2, 0.25) is 0 Å². The Morgan fingerprint density at radius 2 is 0.946 bits per heavy atom. The number of benzene rings is 2. The van der Waals surface area contributed by atoms with Gasteiger partial charge in [0.1, 0.15) is 23.3 Å². The fourth-order valence-corrected chi connectivity index (χ4v) is 3.23. The van der Waals surface area contributed by atoms with Crippen LogP contribution in [0.15, 0.2) is 60.7 Å². The van der Waals surface area contributed by atoms with E-state index >= 15 is 0 Å². The summed E-state index contributed by atoms with van der Waals surface area (Å²) >= 11 is 0. The molecule has 2 aromatic carbocycles. The van der Waals surface area contributed by atoms with Crippen LogP contribution in [0.25, 0.3) is 0 Å². The summed E-state index contributed by atoms with van der Waals surface area (Å²) in [4.78, 5) is 51.0. The Bertz CT molecular complexity index is 972. The molecule has 0 bridgehead atoms. The molecule has 0 radical (unpaired) electrons. The summed E-state index contributed by atoms with van der Waals surface area (Å²) in [7, 11) is 0. The van der Waals surface area contributed by atoms with Crippen LogP contribution in [-0.2, 0) is 36.6 Å². The van der Waals surface area contributed by atoms with Gasteiger partial charge in [-0.1, -0.05) is 60.7 Å². The zero-order valence-corrected chi connectivity index (χ0v) is 22.2. The highest BCUT2D eigenvalue weighted by atomic mass is 16.6. The number of carbonyl (C=O) groups excluding carboxylic acids is 4. The molecular formula is C28H36N2O7. The molecular weight excluding hydrogens is 476 g/mol. The van der Waals surface area contributed by atoms with Crippen molar-refractivity contribution in [2.45, 2.75) is 77.7 Å². The highest BCUT2D eigenvalue weighted by Gasteiger charge is 2.32. The predicted molar refractivity (Wildman–Crippen MR) is 138 cm³/mol. The number of nitrogens with one attached hydrogen (secondary N) is 2. The number of ether oxygens (including phenoxy) is 3. The largest absolute Gasteiger partial charge is 0.444 e. The highest BCUT2D eigenvalue weighted by molar-refractivity contribution is 5.93. The first-order valence-corrected chi connectivity index (χ1v) is 12.0. The van der Waals surface area contributed by atoms with Gasteiger partial charge in [-0.2, -0.15) is 0 Å². The SMILES string of the molecule is CC(C)(C)OC(=O)N[C@@H](Cc1ccccc1)C(=O)OC(=O)[C@H](Cc1ccccc1)NC(=O)OC(C)(C)C. The third-order valence-electron chi connectivity index (χ3n) is 4.72. The molecule has 200 valence electrons. The lowest BCUT2D eigenvalue weighted by atomic mass is 10.1. The number of esters is 2. The minimum Gasteiger partial charge on any atom is -0.444 e. The van der Waals surface area contributed by atoms with Crippen molar-refractivity contribution in [2.24, 2.45) is 0 Å². The Morgan fingerprint density at radius 1 is 0.622 bits per heavy atom. The fraction of sp³-hybridized carbons (Fsp3) is 0.429. The van der Waals surface area contributed by atoms with Crippen LogP contribution >= 0.6 is 0 Å². The Balaban J connectivity index is 2.20. The highest BCUT2D eigenvalue weighted by Crippen LogP contribution is 2.12. The molecule has 37 heavy (non-hydrogen) atoms. The number of rotatable bonds is 8. The smallest absolute Gasteiger partial charge is 0.408 e. The van der Waals surface area contributed by atoms with Gasteiger partial charge in [0.15, 0.2) is 0 Å². The number of carbonyl (C=O) groups is 4. The molecule has 0 aliphatic rings. The quantitative estimate of drug-likeness (QED) is 0.307. The topological polar surface area (TPSA) is 120 Å². The van der Waals surface area contributed by atoms with Gasteiger partial charge in [-0.3, -0.25) is 0 Å². The maximum Gasteiger partial charge on any atom is 0.408 e. The van der Waals surface area contributed by atoms with E-state index < -0.39 is 47.4 Å². The first kappa shape index (κ1) is 29.4. The third kappa shape index (κ3) is 11.6. The average molecular weight is 513 g/mol. The maximum atomic E-state index is 13.1. The summed E-state index contributed by atoms with van der Waals surface area (Å²) < 4.78 is 15.7. The second kappa shape index (κ2) is 12.9. The Morgan fingerprint density at radius 3 is 1.24 bits per heavy atom. The minimum atomic E-state index is -1.21. The molecule has 2 rings (SSSR count). The molecule has 9 nitrogen and oxygen atoms in total. The summed E-state index contributed by atoms with van der Waals surface area (Å²) in [5.74, 6) is -1.97. The molecule has 0 heterocycles. The number of hydrogen-bond donors (Lipinski definition) is 2.